The van der Waals surface area contributed by atoms with E-state index in [9.17, 15) is 8.42 Å². The molecule has 1 aromatic rings. The number of hydrogen-bond donors (Lipinski definition) is 2. The maximum atomic E-state index is 12.1. The first-order chi connectivity index (χ1) is 8.53. The minimum absolute atomic E-state index is 0.362. The van der Waals surface area contributed by atoms with Crippen LogP contribution in [0.4, 0.5) is 0 Å². The lowest BCUT2D eigenvalue weighted by atomic mass is 10.4. The zero-order chi connectivity index (χ0) is 13.2. The van der Waals surface area contributed by atoms with E-state index >= 15 is 0 Å². The second kappa shape index (κ2) is 6.00. The summed E-state index contributed by atoms with van der Waals surface area (Å²) in [6.07, 6.45) is 2.28. The molecule has 0 radical (unpaired) electrons. The molecule has 1 saturated carbocycles. The van der Waals surface area contributed by atoms with Crippen molar-refractivity contribution in [3.05, 3.63) is 14.7 Å². The number of rotatable bonds is 7. The second-order valence-corrected chi connectivity index (χ2v) is 8.62. The summed E-state index contributed by atoms with van der Waals surface area (Å²) in [5.41, 5.74) is 0. The fourth-order valence-electron chi connectivity index (χ4n) is 1.54. The highest BCUT2D eigenvalue weighted by Gasteiger charge is 2.26. The molecule has 0 atom stereocenters. The van der Waals surface area contributed by atoms with Crippen molar-refractivity contribution >= 4 is 37.3 Å². The number of sulfonamides is 1. The van der Waals surface area contributed by atoms with Crippen molar-refractivity contribution in [2.75, 3.05) is 13.1 Å². The van der Waals surface area contributed by atoms with Gasteiger partial charge in [-0.1, -0.05) is 6.92 Å². The zero-order valence-corrected chi connectivity index (χ0v) is 13.4. The molecule has 0 aliphatic heterocycles. The second-order valence-electron chi connectivity index (χ2n) is 4.43. The van der Waals surface area contributed by atoms with Gasteiger partial charge in [-0.25, -0.2) is 13.1 Å². The van der Waals surface area contributed by atoms with Crippen LogP contribution in [0.5, 0.6) is 0 Å². The van der Waals surface area contributed by atoms with Gasteiger partial charge < -0.3 is 5.32 Å². The molecule has 0 bridgehead atoms. The highest BCUT2D eigenvalue weighted by atomic mass is 79.9. The fraction of sp³-hybridized carbons (Fsp3) is 0.636. The van der Waals surface area contributed by atoms with Crippen LogP contribution in [0, 0.1) is 5.92 Å². The Labute approximate surface area is 120 Å². The van der Waals surface area contributed by atoms with Gasteiger partial charge in [0.05, 0.1) is 3.79 Å². The van der Waals surface area contributed by atoms with Crippen LogP contribution in [0.25, 0.3) is 0 Å². The summed E-state index contributed by atoms with van der Waals surface area (Å²) >= 11 is 4.81. The molecule has 0 saturated heterocycles. The molecule has 0 spiro atoms. The molecule has 1 aliphatic carbocycles. The molecule has 1 heterocycles. The van der Waals surface area contributed by atoms with Crippen molar-refractivity contribution in [3.63, 3.8) is 0 Å². The van der Waals surface area contributed by atoms with Gasteiger partial charge in [0.1, 0.15) is 4.90 Å². The molecular weight excluding hydrogens is 336 g/mol. The summed E-state index contributed by atoms with van der Waals surface area (Å²) in [5.74, 6) is 0.540. The van der Waals surface area contributed by atoms with Crippen molar-refractivity contribution in [2.45, 2.75) is 31.2 Å². The van der Waals surface area contributed by atoms with Gasteiger partial charge in [-0.05, 0) is 47.3 Å². The molecule has 2 rings (SSSR count). The number of hydrogen-bond acceptors (Lipinski definition) is 4. The summed E-state index contributed by atoms with van der Waals surface area (Å²) in [7, 11) is -3.36. The van der Waals surface area contributed by atoms with Gasteiger partial charge in [-0.2, -0.15) is 0 Å². The topological polar surface area (TPSA) is 58.2 Å². The van der Waals surface area contributed by atoms with Crippen LogP contribution < -0.4 is 10.0 Å². The maximum Gasteiger partial charge on any atom is 0.242 e. The average molecular weight is 353 g/mol. The molecule has 2 N–H and O–H groups in total. The molecule has 7 heteroatoms. The van der Waals surface area contributed by atoms with E-state index in [1.54, 1.807) is 6.07 Å². The molecule has 1 aliphatic rings. The summed E-state index contributed by atoms with van der Waals surface area (Å²) in [5, 5.41) is 3.19. The van der Waals surface area contributed by atoms with Gasteiger partial charge in [-0.3, -0.25) is 0 Å². The van der Waals surface area contributed by atoms with E-state index in [1.807, 2.05) is 6.92 Å². The van der Waals surface area contributed by atoms with Gasteiger partial charge >= 0.3 is 0 Å². The van der Waals surface area contributed by atoms with Gasteiger partial charge in [0, 0.05) is 18.0 Å². The van der Waals surface area contributed by atoms with Gasteiger partial charge in [0.2, 0.25) is 10.0 Å². The minimum Gasteiger partial charge on any atom is -0.312 e. The number of halogens is 1. The largest absolute Gasteiger partial charge is 0.312 e. The normalized spacial score (nSPS) is 16.1. The van der Waals surface area contributed by atoms with E-state index in [-0.39, 0.29) is 0 Å². The first-order valence-corrected chi connectivity index (χ1v) is 9.10. The lowest BCUT2D eigenvalue weighted by molar-refractivity contribution is 0.577. The van der Waals surface area contributed by atoms with E-state index in [2.05, 4.69) is 26.0 Å². The summed E-state index contributed by atoms with van der Waals surface area (Å²) < 4.78 is 27.6. The minimum atomic E-state index is -3.36. The van der Waals surface area contributed by atoms with Crippen molar-refractivity contribution in [3.8, 4) is 0 Å². The first-order valence-electron chi connectivity index (χ1n) is 6.01. The first kappa shape index (κ1) is 14.5. The average Bonchev–Trinajstić information content (AvgIpc) is 3.07. The van der Waals surface area contributed by atoms with Crippen LogP contribution in [0.2, 0.25) is 0 Å². The molecule has 0 unspecified atom stereocenters. The Hall–Kier alpha value is 0.0500. The summed E-state index contributed by atoms with van der Waals surface area (Å²) in [6.45, 7) is 4.17. The van der Waals surface area contributed by atoms with E-state index in [0.717, 1.165) is 24.3 Å². The highest BCUT2D eigenvalue weighted by molar-refractivity contribution is 9.11. The highest BCUT2D eigenvalue weighted by Crippen LogP contribution is 2.33. The smallest absolute Gasteiger partial charge is 0.242 e. The zero-order valence-electron chi connectivity index (χ0n) is 10.2. The Kier molecular flexibility index (Phi) is 4.82. The predicted octanol–water partition coefficient (Wildman–Crippen LogP) is 2.31. The predicted molar refractivity (Wildman–Crippen MR) is 77.3 cm³/mol. The third-order valence-electron chi connectivity index (χ3n) is 2.80. The monoisotopic (exact) mass is 352 g/mol. The van der Waals surface area contributed by atoms with Gasteiger partial charge in [0.25, 0.3) is 0 Å². The molecule has 18 heavy (non-hydrogen) atoms. The third kappa shape index (κ3) is 3.77. The molecule has 4 nitrogen and oxygen atoms in total. The standard InChI is InChI=1S/C11H17BrN2O2S2/c1-2-13-7-9-5-10(11(12)17-9)18(15,16)14-6-8-3-4-8/h5,8,13-14H,2-4,6-7H2,1H3. The molecule has 1 aromatic heterocycles. The van der Waals surface area contributed by atoms with Crippen molar-refractivity contribution in [1.82, 2.24) is 10.0 Å². The third-order valence-corrected chi connectivity index (χ3v) is 6.48. The molecule has 0 aromatic carbocycles. The van der Waals surface area contributed by atoms with Crippen LogP contribution in [0.3, 0.4) is 0 Å². The Bertz CT molecular complexity index is 509. The quantitative estimate of drug-likeness (QED) is 0.791. The van der Waals surface area contributed by atoms with Crippen molar-refractivity contribution in [2.24, 2.45) is 5.92 Å². The maximum absolute atomic E-state index is 12.1. The van der Waals surface area contributed by atoms with Crippen LogP contribution in [-0.2, 0) is 16.6 Å². The fourth-order valence-corrected chi connectivity index (χ4v) is 5.31. The van der Waals surface area contributed by atoms with Gasteiger partial charge in [0.15, 0.2) is 0 Å². The Morgan fingerprint density at radius 2 is 2.22 bits per heavy atom. The van der Waals surface area contributed by atoms with E-state index in [4.69, 9.17) is 0 Å². The van der Waals surface area contributed by atoms with Gasteiger partial charge in [-0.15, -0.1) is 11.3 Å². The molecular formula is C11H17BrN2O2S2. The van der Waals surface area contributed by atoms with Crippen LogP contribution in [0.15, 0.2) is 14.7 Å². The molecule has 1 fully saturated rings. The molecule has 0 amide bonds. The Morgan fingerprint density at radius 1 is 1.50 bits per heavy atom. The molecule has 102 valence electrons. The number of nitrogens with one attached hydrogen (secondary N) is 2. The summed E-state index contributed by atoms with van der Waals surface area (Å²) in [4.78, 5) is 1.39. The van der Waals surface area contributed by atoms with E-state index < -0.39 is 10.0 Å². The Morgan fingerprint density at radius 3 is 2.83 bits per heavy atom. The summed E-state index contributed by atoms with van der Waals surface area (Å²) in [6, 6.07) is 1.74. The van der Waals surface area contributed by atoms with Crippen molar-refractivity contribution in [1.29, 1.82) is 0 Å². The Balaban J connectivity index is 2.07. The SMILES string of the molecule is CCNCc1cc(S(=O)(=O)NCC2CC2)c(Br)s1. The van der Waals surface area contributed by atoms with Crippen LogP contribution in [0.1, 0.15) is 24.6 Å². The lowest BCUT2D eigenvalue weighted by Gasteiger charge is -2.04. The number of thiophene rings is 1. The van der Waals surface area contributed by atoms with E-state index in [0.29, 0.717) is 27.7 Å². The van der Waals surface area contributed by atoms with Crippen molar-refractivity contribution < 1.29 is 8.42 Å². The van der Waals surface area contributed by atoms with Crippen LogP contribution in [-0.4, -0.2) is 21.5 Å². The lowest BCUT2D eigenvalue weighted by Crippen LogP contribution is -2.25. The van der Waals surface area contributed by atoms with E-state index in [1.165, 1.54) is 11.3 Å². The van der Waals surface area contributed by atoms with Crippen LogP contribution >= 0.6 is 27.3 Å².